The van der Waals surface area contributed by atoms with E-state index >= 15 is 0 Å². The number of rotatable bonds is 3. The molecule has 0 aromatic heterocycles. The van der Waals surface area contributed by atoms with Crippen molar-refractivity contribution in [1.82, 2.24) is 10.9 Å². The Morgan fingerprint density at radius 2 is 1.94 bits per heavy atom. The molecule has 1 aliphatic rings. The number of hydrogen-bond acceptors (Lipinski definition) is 4. The highest BCUT2D eigenvalue weighted by Gasteiger charge is 2.20. The van der Waals surface area contributed by atoms with Crippen LogP contribution < -0.4 is 21.3 Å². The third-order valence-corrected chi connectivity index (χ3v) is 3.20. The summed E-state index contributed by atoms with van der Waals surface area (Å²) in [6.07, 6.45) is 0.899. The lowest BCUT2D eigenvalue weighted by molar-refractivity contribution is 0.275. The Balaban J connectivity index is 1.74. The summed E-state index contributed by atoms with van der Waals surface area (Å²) in [5.41, 5.74) is 11.9. The van der Waals surface area contributed by atoms with Crippen molar-refractivity contribution < 1.29 is 4.74 Å². The van der Waals surface area contributed by atoms with Crippen LogP contribution in [0.1, 0.15) is 6.42 Å². The van der Waals surface area contributed by atoms with E-state index in [0.29, 0.717) is 6.61 Å². The van der Waals surface area contributed by atoms with E-state index in [-0.39, 0.29) is 12.2 Å². The molecule has 2 aromatic rings. The third kappa shape index (κ3) is 2.31. The van der Waals surface area contributed by atoms with Crippen LogP contribution in [0.5, 0.6) is 5.75 Å². The Hall–Kier alpha value is -1.62. The van der Waals surface area contributed by atoms with Crippen LogP contribution in [0, 0.1) is 0 Å². The first-order valence-corrected chi connectivity index (χ1v) is 6.20. The van der Waals surface area contributed by atoms with Crippen molar-refractivity contribution in [3.05, 3.63) is 42.5 Å². The van der Waals surface area contributed by atoms with Gasteiger partial charge in [-0.25, -0.2) is 10.9 Å². The molecule has 4 heteroatoms. The van der Waals surface area contributed by atoms with E-state index in [0.717, 1.165) is 17.6 Å². The van der Waals surface area contributed by atoms with Crippen molar-refractivity contribution in [3.63, 3.8) is 0 Å². The average Bonchev–Trinajstić information content (AvgIpc) is 2.82. The molecule has 2 atom stereocenters. The summed E-state index contributed by atoms with van der Waals surface area (Å²) in [5.74, 6) is 0.926. The van der Waals surface area contributed by atoms with Crippen LogP contribution in [0.3, 0.4) is 0 Å². The van der Waals surface area contributed by atoms with Crippen LogP contribution in [0.25, 0.3) is 10.8 Å². The maximum absolute atomic E-state index is 5.89. The summed E-state index contributed by atoms with van der Waals surface area (Å²) in [7, 11) is 0. The first-order valence-electron chi connectivity index (χ1n) is 6.20. The number of hydrazine groups is 1. The third-order valence-electron chi connectivity index (χ3n) is 3.20. The predicted molar refractivity (Wildman–Crippen MR) is 72.1 cm³/mol. The second-order valence-corrected chi connectivity index (χ2v) is 4.62. The molecule has 18 heavy (non-hydrogen) atoms. The maximum atomic E-state index is 5.89. The molecule has 0 saturated carbocycles. The monoisotopic (exact) mass is 243 g/mol. The standard InChI is InChI=1S/C14H17N3O/c15-14-8-11(16-17-14)9-18-13-7-3-5-10-4-1-2-6-12(10)13/h1-7,11,14,16-17H,8-9,15H2. The molecule has 4 N–H and O–H groups in total. The summed E-state index contributed by atoms with van der Waals surface area (Å²) < 4.78 is 5.89. The zero-order valence-corrected chi connectivity index (χ0v) is 10.1. The minimum Gasteiger partial charge on any atom is -0.491 e. The van der Waals surface area contributed by atoms with E-state index < -0.39 is 0 Å². The van der Waals surface area contributed by atoms with E-state index in [4.69, 9.17) is 10.5 Å². The molecular formula is C14H17N3O. The molecule has 0 bridgehead atoms. The SMILES string of the molecule is NC1CC(COc2cccc3ccccc23)NN1. The van der Waals surface area contributed by atoms with E-state index in [1.807, 2.05) is 24.3 Å². The summed E-state index contributed by atoms with van der Waals surface area (Å²) >= 11 is 0. The van der Waals surface area contributed by atoms with Gasteiger partial charge in [-0.05, 0) is 17.9 Å². The minimum atomic E-state index is 0.0196. The molecule has 1 aliphatic heterocycles. The smallest absolute Gasteiger partial charge is 0.127 e. The van der Waals surface area contributed by atoms with Gasteiger partial charge < -0.3 is 10.5 Å². The fourth-order valence-electron chi connectivity index (χ4n) is 2.27. The van der Waals surface area contributed by atoms with Gasteiger partial charge in [0, 0.05) is 5.39 Å². The van der Waals surface area contributed by atoms with Crippen molar-refractivity contribution >= 4 is 10.8 Å². The molecule has 0 spiro atoms. The molecule has 1 fully saturated rings. The lowest BCUT2D eigenvalue weighted by Gasteiger charge is -2.13. The summed E-state index contributed by atoms with van der Waals surface area (Å²) in [5, 5.41) is 2.35. The minimum absolute atomic E-state index is 0.0196. The molecule has 0 radical (unpaired) electrons. The van der Waals surface area contributed by atoms with Crippen molar-refractivity contribution in [1.29, 1.82) is 0 Å². The topological polar surface area (TPSA) is 59.3 Å². The number of hydrogen-bond donors (Lipinski definition) is 3. The summed E-state index contributed by atoms with van der Waals surface area (Å²) in [6, 6.07) is 14.6. The van der Waals surface area contributed by atoms with Gasteiger partial charge in [-0.15, -0.1) is 0 Å². The average molecular weight is 243 g/mol. The zero-order chi connectivity index (χ0) is 12.4. The van der Waals surface area contributed by atoms with Gasteiger partial charge in [0.2, 0.25) is 0 Å². The van der Waals surface area contributed by atoms with Crippen molar-refractivity contribution in [2.45, 2.75) is 18.6 Å². The molecule has 2 unspecified atom stereocenters. The number of benzene rings is 2. The Bertz CT molecular complexity index is 538. The molecule has 3 rings (SSSR count). The van der Waals surface area contributed by atoms with Gasteiger partial charge in [0.1, 0.15) is 12.4 Å². The van der Waals surface area contributed by atoms with Crippen LogP contribution in [0.4, 0.5) is 0 Å². The first kappa shape index (κ1) is 11.5. The number of fused-ring (bicyclic) bond motifs is 1. The van der Waals surface area contributed by atoms with E-state index in [9.17, 15) is 0 Å². The highest BCUT2D eigenvalue weighted by Crippen LogP contribution is 2.25. The summed E-state index contributed by atoms with van der Waals surface area (Å²) in [4.78, 5) is 0. The Labute approximate surface area is 106 Å². The van der Waals surface area contributed by atoms with Crippen molar-refractivity contribution in [3.8, 4) is 5.75 Å². The molecular weight excluding hydrogens is 226 g/mol. The fraction of sp³-hybridized carbons (Fsp3) is 0.286. The second-order valence-electron chi connectivity index (χ2n) is 4.62. The largest absolute Gasteiger partial charge is 0.491 e. The van der Waals surface area contributed by atoms with E-state index in [1.54, 1.807) is 0 Å². The second kappa shape index (κ2) is 4.94. The highest BCUT2D eigenvalue weighted by molar-refractivity contribution is 5.88. The molecule has 1 saturated heterocycles. The lowest BCUT2D eigenvalue weighted by Crippen LogP contribution is -2.38. The number of nitrogens with one attached hydrogen (secondary N) is 2. The van der Waals surface area contributed by atoms with Crippen molar-refractivity contribution in [2.24, 2.45) is 5.73 Å². The fourth-order valence-corrected chi connectivity index (χ4v) is 2.27. The molecule has 94 valence electrons. The van der Waals surface area contributed by atoms with Gasteiger partial charge in [-0.3, -0.25) is 0 Å². The Morgan fingerprint density at radius 1 is 1.11 bits per heavy atom. The zero-order valence-electron chi connectivity index (χ0n) is 10.1. The number of ether oxygens (including phenoxy) is 1. The number of nitrogens with two attached hydrogens (primary N) is 1. The lowest BCUT2D eigenvalue weighted by atomic mass is 10.1. The van der Waals surface area contributed by atoms with Crippen LogP contribution in [-0.2, 0) is 0 Å². The van der Waals surface area contributed by atoms with Gasteiger partial charge in [0.05, 0.1) is 12.2 Å². The molecule has 1 heterocycles. The van der Waals surface area contributed by atoms with Crippen molar-refractivity contribution in [2.75, 3.05) is 6.61 Å². The van der Waals surface area contributed by atoms with Gasteiger partial charge in [0.25, 0.3) is 0 Å². The Kier molecular flexibility index (Phi) is 3.15. The molecule has 4 nitrogen and oxygen atoms in total. The van der Waals surface area contributed by atoms with Gasteiger partial charge in [-0.1, -0.05) is 36.4 Å². The van der Waals surface area contributed by atoms with Crippen LogP contribution in [0.2, 0.25) is 0 Å². The highest BCUT2D eigenvalue weighted by atomic mass is 16.5. The molecule has 2 aromatic carbocycles. The van der Waals surface area contributed by atoms with Gasteiger partial charge in [-0.2, -0.15) is 0 Å². The maximum Gasteiger partial charge on any atom is 0.127 e. The van der Waals surface area contributed by atoms with Crippen LogP contribution >= 0.6 is 0 Å². The summed E-state index contributed by atoms with van der Waals surface area (Å²) in [6.45, 7) is 0.620. The Morgan fingerprint density at radius 3 is 2.78 bits per heavy atom. The predicted octanol–water partition coefficient (Wildman–Crippen LogP) is 1.37. The van der Waals surface area contributed by atoms with E-state index in [1.165, 1.54) is 5.39 Å². The van der Waals surface area contributed by atoms with Gasteiger partial charge in [0.15, 0.2) is 0 Å². The van der Waals surface area contributed by atoms with Crippen LogP contribution in [0.15, 0.2) is 42.5 Å². The van der Waals surface area contributed by atoms with Crippen LogP contribution in [-0.4, -0.2) is 18.8 Å². The normalized spacial score (nSPS) is 23.4. The molecule has 0 aliphatic carbocycles. The molecule has 0 amide bonds. The quantitative estimate of drug-likeness (QED) is 0.762. The first-order chi connectivity index (χ1) is 8.83. The van der Waals surface area contributed by atoms with E-state index in [2.05, 4.69) is 29.1 Å². The van der Waals surface area contributed by atoms with Gasteiger partial charge >= 0.3 is 0 Å².